The number of hydrogen-bond acceptors (Lipinski definition) is 4. The van der Waals surface area contributed by atoms with Crippen molar-refractivity contribution >= 4 is 39.2 Å². The van der Waals surface area contributed by atoms with Crippen LogP contribution in [-0.2, 0) is 23.6 Å². The summed E-state index contributed by atoms with van der Waals surface area (Å²) in [5.74, 6) is -1.44. The Kier molecular flexibility index (Phi) is 7.52. The SMILES string of the molecule is Cc1c(CCCSc2ccc(OCC(=O)O)c(C(F)(F)F)c2)sc2cc(C(F)(F)F)ccc12. The molecule has 1 heterocycles. The van der Waals surface area contributed by atoms with E-state index < -0.39 is 41.8 Å². The molecular formula is C22H18F6O3S2. The average Bonchev–Trinajstić information content (AvgIpc) is 3.03. The molecule has 0 amide bonds. The fourth-order valence-electron chi connectivity index (χ4n) is 3.20. The van der Waals surface area contributed by atoms with Crippen molar-refractivity contribution in [3.05, 3.63) is 58.0 Å². The highest BCUT2D eigenvalue weighted by Crippen LogP contribution is 2.40. The van der Waals surface area contributed by atoms with Gasteiger partial charge in [0.1, 0.15) is 5.75 Å². The Morgan fingerprint density at radius 1 is 1.06 bits per heavy atom. The zero-order valence-corrected chi connectivity index (χ0v) is 18.8. The van der Waals surface area contributed by atoms with E-state index in [1.165, 1.54) is 35.2 Å². The van der Waals surface area contributed by atoms with Crippen LogP contribution in [0.15, 0.2) is 41.3 Å². The number of hydrogen-bond donors (Lipinski definition) is 1. The van der Waals surface area contributed by atoms with Crippen LogP contribution < -0.4 is 4.74 Å². The predicted octanol–water partition coefficient (Wildman–Crippen LogP) is 7.44. The van der Waals surface area contributed by atoms with Crippen LogP contribution in [0.5, 0.6) is 5.75 Å². The maximum atomic E-state index is 13.3. The van der Waals surface area contributed by atoms with Crippen LogP contribution in [0.25, 0.3) is 10.1 Å². The first-order valence-corrected chi connectivity index (χ1v) is 11.4. The van der Waals surface area contributed by atoms with Gasteiger partial charge in [-0.3, -0.25) is 0 Å². The van der Waals surface area contributed by atoms with Gasteiger partial charge in [0, 0.05) is 14.5 Å². The maximum Gasteiger partial charge on any atom is 0.420 e. The Morgan fingerprint density at radius 3 is 2.42 bits per heavy atom. The number of thioether (sulfide) groups is 1. The molecule has 1 aromatic heterocycles. The summed E-state index contributed by atoms with van der Waals surface area (Å²) in [6, 6.07) is 7.12. The number of alkyl halides is 6. The summed E-state index contributed by atoms with van der Waals surface area (Å²) in [5.41, 5.74) is -0.836. The lowest BCUT2D eigenvalue weighted by Crippen LogP contribution is -2.14. The van der Waals surface area contributed by atoms with Gasteiger partial charge in [0.2, 0.25) is 0 Å². The molecule has 0 bridgehead atoms. The van der Waals surface area contributed by atoms with E-state index in [0.29, 0.717) is 28.2 Å². The van der Waals surface area contributed by atoms with Gasteiger partial charge in [0.15, 0.2) is 6.61 Å². The smallest absolute Gasteiger partial charge is 0.420 e. The lowest BCUT2D eigenvalue weighted by atomic mass is 10.1. The number of carbonyl (C=O) groups is 1. The second-order valence-corrected chi connectivity index (χ2v) is 9.45. The van der Waals surface area contributed by atoms with Gasteiger partial charge in [-0.2, -0.15) is 26.3 Å². The van der Waals surface area contributed by atoms with Gasteiger partial charge >= 0.3 is 18.3 Å². The molecule has 33 heavy (non-hydrogen) atoms. The summed E-state index contributed by atoms with van der Waals surface area (Å²) in [6.45, 7) is 0.967. The predicted molar refractivity (Wildman–Crippen MR) is 115 cm³/mol. The van der Waals surface area contributed by atoms with Crippen molar-refractivity contribution in [3.8, 4) is 5.75 Å². The van der Waals surface area contributed by atoms with Crippen LogP contribution in [0.3, 0.4) is 0 Å². The fraction of sp³-hybridized carbons (Fsp3) is 0.318. The van der Waals surface area contributed by atoms with Crippen LogP contribution in [0.4, 0.5) is 26.3 Å². The first-order chi connectivity index (χ1) is 15.4. The van der Waals surface area contributed by atoms with Gasteiger partial charge in [0.25, 0.3) is 0 Å². The van der Waals surface area contributed by atoms with Crippen molar-refractivity contribution in [1.82, 2.24) is 0 Å². The zero-order valence-electron chi connectivity index (χ0n) is 17.1. The molecule has 11 heteroatoms. The molecule has 0 atom stereocenters. The molecule has 0 spiro atoms. The first-order valence-electron chi connectivity index (χ1n) is 9.64. The van der Waals surface area contributed by atoms with E-state index in [2.05, 4.69) is 0 Å². The summed E-state index contributed by atoms with van der Waals surface area (Å²) < 4.78 is 84.0. The van der Waals surface area contributed by atoms with Crippen molar-refractivity contribution in [2.75, 3.05) is 12.4 Å². The topological polar surface area (TPSA) is 46.5 Å². The van der Waals surface area contributed by atoms with E-state index in [9.17, 15) is 31.1 Å². The van der Waals surface area contributed by atoms with E-state index in [-0.39, 0.29) is 0 Å². The third-order valence-electron chi connectivity index (χ3n) is 4.79. The number of carboxylic acids is 1. The van der Waals surface area contributed by atoms with Gasteiger partial charge in [-0.15, -0.1) is 23.1 Å². The summed E-state index contributed by atoms with van der Waals surface area (Å²) >= 11 is 2.50. The normalized spacial score (nSPS) is 12.3. The highest BCUT2D eigenvalue weighted by atomic mass is 32.2. The molecule has 0 saturated carbocycles. The van der Waals surface area contributed by atoms with Crippen LogP contribution in [-0.4, -0.2) is 23.4 Å². The summed E-state index contributed by atoms with van der Waals surface area (Å²) in [7, 11) is 0. The maximum absolute atomic E-state index is 13.3. The molecule has 178 valence electrons. The number of ether oxygens (including phenoxy) is 1. The second-order valence-electron chi connectivity index (χ2n) is 7.15. The molecule has 0 aliphatic heterocycles. The Morgan fingerprint density at radius 2 is 1.79 bits per heavy atom. The van der Waals surface area contributed by atoms with Crippen molar-refractivity contribution < 1.29 is 41.0 Å². The molecule has 3 nitrogen and oxygen atoms in total. The molecule has 2 aromatic carbocycles. The van der Waals surface area contributed by atoms with Gasteiger partial charge in [-0.1, -0.05) is 6.07 Å². The van der Waals surface area contributed by atoms with Gasteiger partial charge in [0.05, 0.1) is 11.1 Å². The number of aliphatic carboxylic acids is 1. The summed E-state index contributed by atoms with van der Waals surface area (Å²) in [6.07, 6.45) is -7.91. The monoisotopic (exact) mass is 508 g/mol. The molecule has 0 aliphatic carbocycles. The largest absolute Gasteiger partial charge is 0.481 e. The minimum Gasteiger partial charge on any atom is -0.481 e. The molecule has 3 aromatic rings. The Hall–Kier alpha value is -2.40. The lowest BCUT2D eigenvalue weighted by molar-refractivity contribution is -0.143. The number of aryl methyl sites for hydroxylation is 2. The van der Waals surface area contributed by atoms with Crippen LogP contribution in [0.1, 0.15) is 28.0 Å². The molecule has 3 rings (SSSR count). The van der Waals surface area contributed by atoms with Gasteiger partial charge < -0.3 is 9.84 Å². The third kappa shape index (κ3) is 6.35. The number of thiophene rings is 1. The molecule has 0 radical (unpaired) electrons. The van der Waals surface area contributed by atoms with Crippen molar-refractivity contribution in [2.24, 2.45) is 0 Å². The minimum absolute atomic E-state index is 0.355. The second kappa shape index (κ2) is 9.84. The lowest BCUT2D eigenvalue weighted by Gasteiger charge is -2.14. The van der Waals surface area contributed by atoms with Gasteiger partial charge in [-0.05, 0) is 66.8 Å². The van der Waals surface area contributed by atoms with E-state index >= 15 is 0 Å². The van der Waals surface area contributed by atoms with E-state index in [4.69, 9.17) is 9.84 Å². The number of carboxylic acid groups (broad SMARTS) is 1. The number of halogens is 6. The molecule has 0 unspecified atom stereocenters. The van der Waals surface area contributed by atoms with Crippen molar-refractivity contribution in [2.45, 2.75) is 37.0 Å². The average molecular weight is 509 g/mol. The zero-order chi connectivity index (χ0) is 24.4. The fourth-order valence-corrected chi connectivity index (χ4v) is 5.38. The molecular weight excluding hydrogens is 490 g/mol. The summed E-state index contributed by atoms with van der Waals surface area (Å²) in [5, 5.41) is 9.38. The Labute approximate surface area is 193 Å². The minimum atomic E-state index is -4.70. The van der Waals surface area contributed by atoms with Crippen molar-refractivity contribution in [1.29, 1.82) is 0 Å². The van der Waals surface area contributed by atoms with Crippen LogP contribution in [0, 0.1) is 6.92 Å². The first kappa shape index (κ1) is 25.2. The molecule has 0 fully saturated rings. The van der Waals surface area contributed by atoms with E-state index in [1.807, 2.05) is 6.92 Å². The number of rotatable bonds is 8. The quantitative estimate of drug-likeness (QED) is 0.195. The Balaban J connectivity index is 1.65. The van der Waals surface area contributed by atoms with Crippen LogP contribution >= 0.6 is 23.1 Å². The van der Waals surface area contributed by atoms with Crippen molar-refractivity contribution in [3.63, 3.8) is 0 Å². The van der Waals surface area contributed by atoms with E-state index in [0.717, 1.165) is 40.1 Å². The van der Waals surface area contributed by atoms with Crippen LogP contribution in [0.2, 0.25) is 0 Å². The third-order valence-corrected chi connectivity index (χ3v) is 7.18. The summed E-state index contributed by atoms with van der Waals surface area (Å²) in [4.78, 5) is 11.9. The molecule has 1 N–H and O–H groups in total. The standard InChI is InChI=1S/C22H18F6O3S2/c1-12-15-6-4-13(21(23,24)25)9-19(15)33-18(12)3-2-8-32-14-5-7-17(31-11-20(29)30)16(10-14)22(26,27)28/h4-7,9-10H,2-3,8,11H2,1H3,(H,29,30). The highest BCUT2D eigenvalue weighted by Gasteiger charge is 2.35. The highest BCUT2D eigenvalue weighted by molar-refractivity contribution is 7.99. The van der Waals surface area contributed by atoms with E-state index in [1.54, 1.807) is 0 Å². The number of fused-ring (bicyclic) bond motifs is 1. The Bertz CT molecular complexity index is 1150. The number of benzene rings is 2. The molecule has 0 saturated heterocycles. The van der Waals surface area contributed by atoms with Gasteiger partial charge in [-0.25, -0.2) is 4.79 Å². The molecule has 0 aliphatic rings.